The lowest BCUT2D eigenvalue weighted by atomic mass is 9.99. The zero-order valence-corrected chi connectivity index (χ0v) is 22.4. The summed E-state index contributed by atoms with van der Waals surface area (Å²) in [6.07, 6.45) is 0. The molecule has 0 unspecified atom stereocenters. The standard InChI is InChI=1S/C35H20N2S2/c1-2-8-22-19-23(14-13-21(22)7-1)24-15-16-29-27(20-24)25-9-3-5-11-28(25)37(29)35-36-34-32(39-35)18-17-31-33(34)26-10-4-6-12-30(26)38-31/h1-20H. The highest BCUT2D eigenvalue weighted by molar-refractivity contribution is 7.26. The average Bonchev–Trinajstić information content (AvgIpc) is 3.67. The van der Waals surface area contributed by atoms with Gasteiger partial charge in [0.2, 0.25) is 0 Å². The number of rotatable bonds is 2. The van der Waals surface area contributed by atoms with E-state index in [4.69, 9.17) is 4.98 Å². The first-order chi connectivity index (χ1) is 19.3. The van der Waals surface area contributed by atoms with Gasteiger partial charge in [0.1, 0.15) is 0 Å². The summed E-state index contributed by atoms with van der Waals surface area (Å²) in [4.78, 5) is 5.31. The van der Waals surface area contributed by atoms with Gasteiger partial charge in [-0.1, -0.05) is 90.2 Å². The third-order valence-corrected chi connectivity index (χ3v) is 9.98. The van der Waals surface area contributed by atoms with E-state index in [2.05, 4.69) is 126 Å². The molecule has 0 N–H and O–H groups in total. The molecule has 9 aromatic rings. The van der Waals surface area contributed by atoms with E-state index in [1.165, 1.54) is 68.6 Å². The maximum Gasteiger partial charge on any atom is 0.195 e. The Morgan fingerprint density at radius 1 is 0.487 bits per heavy atom. The molecule has 0 radical (unpaired) electrons. The van der Waals surface area contributed by atoms with Crippen molar-refractivity contribution in [1.29, 1.82) is 0 Å². The zero-order valence-electron chi connectivity index (χ0n) is 20.8. The van der Waals surface area contributed by atoms with Crippen LogP contribution in [0.3, 0.4) is 0 Å². The Labute approximate surface area is 232 Å². The molecule has 0 saturated carbocycles. The van der Waals surface area contributed by atoms with Crippen LogP contribution >= 0.6 is 22.7 Å². The first-order valence-electron chi connectivity index (χ1n) is 13.1. The third kappa shape index (κ3) is 3.10. The number of benzene rings is 6. The largest absolute Gasteiger partial charge is 0.285 e. The van der Waals surface area contributed by atoms with Crippen molar-refractivity contribution in [2.24, 2.45) is 0 Å². The fourth-order valence-corrected chi connectivity index (χ4v) is 8.12. The van der Waals surface area contributed by atoms with Crippen LogP contribution in [0.2, 0.25) is 0 Å². The average molecular weight is 533 g/mol. The second-order valence-electron chi connectivity index (χ2n) is 10.0. The molecule has 0 atom stereocenters. The molecule has 9 rings (SSSR count). The van der Waals surface area contributed by atoms with Gasteiger partial charge in [0.05, 0.1) is 21.3 Å². The van der Waals surface area contributed by atoms with Gasteiger partial charge in [-0.3, -0.25) is 4.57 Å². The molecule has 6 aromatic carbocycles. The molecule has 39 heavy (non-hydrogen) atoms. The highest BCUT2D eigenvalue weighted by atomic mass is 32.1. The van der Waals surface area contributed by atoms with Crippen molar-refractivity contribution >= 4 is 85.6 Å². The van der Waals surface area contributed by atoms with Crippen LogP contribution in [0.15, 0.2) is 121 Å². The van der Waals surface area contributed by atoms with E-state index in [1.807, 2.05) is 11.3 Å². The van der Waals surface area contributed by atoms with Gasteiger partial charge in [0.25, 0.3) is 0 Å². The molecule has 0 amide bonds. The van der Waals surface area contributed by atoms with E-state index in [0.717, 1.165) is 10.6 Å². The van der Waals surface area contributed by atoms with Gasteiger partial charge in [0, 0.05) is 30.9 Å². The molecule has 0 fully saturated rings. The van der Waals surface area contributed by atoms with Crippen molar-refractivity contribution in [2.45, 2.75) is 0 Å². The summed E-state index contributed by atoms with van der Waals surface area (Å²) in [7, 11) is 0. The predicted octanol–water partition coefficient (Wildman–Crippen LogP) is 10.6. The number of hydrogen-bond donors (Lipinski definition) is 0. The van der Waals surface area contributed by atoms with Crippen molar-refractivity contribution in [3.05, 3.63) is 121 Å². The molecule has 0 aliphatic heterocycles. The minimum atomic E-state index is 1.01. The fourth-order valence-electron chi connectivity index (χ4n) is 6.01. The van der Waals surface area contributed by atoms with Crippen LogP contribution in [-0.4, -0.2) is 9.55 Å². The fraction of sp³-hybridized carbons (Fsp3) is 0. The molecular weight excluding hydrogens is 513 g/mol. The van der Waals surface area contributed by atoms with E-state index in [1.54, 1.807) is 11.3 Å². The number of thiophene rings is 1. The number of thiazole rings is 1. The van der Waals surface area contributed by atoms with Crippen molar-refractivity contribution in [2.75, 3.05) is 0 Å². The van der Waals surface area contributed by atoms with Crippen molar-refractivity contribution in [3.63, 3.8) is 0 Å². The third-order valence-electron chi connectivity index (χ3n) is 7.83. The zero-order chi connectivity index (χ0) is 25.5. The highest BCUT2D eigenvalue weighted by Gasteiger charge is 2.18. The molecule has 3 heterocycles. The summed E-state index contributed by atoms with van der Waals surface area (Å²) in [5, 5.41) is 8.61. The number of nitrogens with zero attached hydrogens (tertiary/aromatic N) is 2. The van der Waals surface area contributed by atoms with Gasteiger partial charge in [-0.15, -0.1) is 11.3 Å². The lowest BCUT2D eigenvalue weighted by Gasteiger charge is -2.06. The molecule has 0 aliphatic rings. The van der Waals surface area contributed by atoms with Crippen LogP contribution in [0, 0.1) is 0 Å². The van der Waals surface area contributed by atoms with E-state index in [9.17, 15) is 0 Å². The Balaban J connectivity index is 1.30. The van der Waals surface area contributed by atoms with Crippen LogP contribution in [0.25, 0.3) is 79.2 Å². The Kier molecular flexibility index (Phi) is 4.39. The van der Waals surface area contributed by atoms with E-state index in [0.29, 0.717) is 0 Å². The van der Waals surface area contributed by atoms with Gasteiger partial charge in [-0.2, -0.15) is 0 Å². The van der Waals surface area contributed by atoms with E-state index >= 15 is 0 Å². The molecule has 4 heteroatoms. The molecule has 2 nitrogen and oxygen atoms in total. The quantitative estimate of drug-likeness (QED) is 0.216. The minimum absolute atomic E-state index is 1.01. The monoisotopic (exact) mass is 532 g/mol. The van der Waals surface area contributed by atoms with E-state index in [-0.39, 0.29) is 0 Å². The van der Waals surface area contributed by atoms with Gasteiger partial charge in [-0.25, -0.2) is 4.98 Å². The number of fused-ring (bicyclic) bond motifs is 9. The maximum atomic E-state index is 5.31. The summed E-state index contributed by atoms with van der Waals surface area (Å²) in [6, 6.07) is 44.0. The minimum Gasteiger partial charge on any atom is -0.285 e. The lowest BCUT2D eigenvalue weighted by Crippen LogP contribution is -1.92. The summed E-state index contributed by atoms with van der Waals surface area (Å²) in [5.41, 5.74) is 5.94. The summed E-state index contributed by atoms with van der Waals surface area (Å²) < 4.78 is 6.18. The number of aromatic nitrogens is 2. The summed E-state index contributed by atoms with van der Waals surface area (Å²) in [6.45, 7) is 0. The Bertz CT molecular complexity index is 2400. The van der Waals surface area contributed by atoms with Crippen LogP contribution in [-0.2, 0) is 0 Å². The van der Waals surface area contributed by atoms with Crippen LogP contribution in [0.4, 0.5) is 0 Å². The highest BCUT2D eigenvalue weighted by Crippen LogP contribution is 2.42. The number of para-hydroxylation sites is 1. The summed E-state index contributed by atoms with van der Waals surface area (Å²) in [5.74, 6) is 0. The van der Waals surface area contributed by atoms with Crippen LogP contribution < -0.4 is 0 Å². The molecule has 182 valence electrons. The smallest absolute Gasteiger partial charge is 0.195 e. The number of hydrogen-bond acceptors (Lipinski definition) is 3. The van der Waals surface area contributed by atoms with Gasteiger partial charge < -0.3 is 0 Å². The SMILES string of the molecule is c1ccc2cc(-c3ccc4c(c3)c3ccccc3n4-c3nc4c(ccc5sc6ccccc6c54)s3)ccc2c1. The summed E-state index contributed by atoms with van der Waals surface area (Å²) >= 11 is 3.62. The van der Waals surface area contributed by atoms with Gasteiger partial charge in [0.15, 0.2) is 5.13 Å². The second-order valence-corrected chi connectivity index (χ2v) is 12.1. The molecule has 0 bridgehead atoms. The Morgan fingerprint density at radius 2 is 1.21 bits per heavy atom. The maximum absolute atomic E-state index is 5.31. The molecule has 0 spiro atoms. The van der Waals surface area contributed by atoms with Crippen LogP contribution in [0.5, 0.6) is 0 Å². The first kappa shape index (κ1) is 21.4. The van der Waals surface area contributed by atoms with Crippen molar-refractivity contribution in [3.8, 4) is 16.3 Å². The molecule has 0 aliphatic carbocycles. The predicted molar refractivity (Wildman–Crippen MR) is 170 cm³/mol. The normalized spacial score (nSPS) is 12.1. The van der Waals surface area contributed by atoms with Gasteiger partial charge in [-0.05, 0) is 64.4 Å². The first-order valence-corrected chi connectivity index (χ1v) is 14.7. The van der Waals surface area contributed by atoms with Crippen molar-refractivity contribution < 1.29 is 0 Å². The molecule has 3 aromatic heterocycles. The van der Waals surface area contributed by atoms with E-state index < -0.39 is 0 Å². The topological polar surface area (TPSA) is 17.8 Å². The van der Waals surface area contributed by atoms with Gasteiger partial charge >= 0.3 is 0 Å². The van der Waals surface area contributed by atoms with Crippen LogP contribution in [0.1, 0.15) is 0 Å². The molecule has 0 saturated heterocycles. The second kappa shape index (κ2) is 8.00. The van der Waals surface area contributed by atoms with Crippen molar-refractivity contribution in [1.82, 2.24) is 9.55 Å². The lowest BCUT2D eigenvalue weighted by molar-refractivity contribution is 1.15. The Hall–Kier alpha value is -4.51. The molecular formula is C35H20N2S2. The Morgan fingerprint density at radius 3 is 2.15 bits per heavy atom.